The van der Waals surface area contributed by atoms with Crippen LogP contribution in [0.1, 0.15) is 17.9 Å². The maximum absolute atomic E-state index is 13.4. The number of rotatable bonds is 6. The average molecular weight is 303 g/mol. The highest BCUT2D eigenvalue weighted by Gasteiger charge is 2.16. The minimum absolute atomic E-state index is 0.0295. The molecule has 2 aromatic carbocycles. The first kappa shape index (κ1) is 15.8. The minimum Gasteiger partial charge on any atom is -0.496 e. The zero-order chi connectivity index (χ0) is 15.9. The number of hydrogen-bond acceptors (Lipinski definition) is 3. The molecule has 0 aliphatic heterocycles. The van der Waals surface area contributed by atoms with E-state index in [0.29, 0.717) is 12.2 Å². The molecule has 0 saturated carbocycles. The number of hydrogen-bond donors (Lipinski definition) is 0. The van der Waals surface area contributed by atoms with Crippen molar-refractivity contribution in [2.75, 3.05) is 13.7 Å². The Morgan fingerprint density at radius 2 is 1.91 bits per heavy atom. The van der Waals surface area contributed by atoms with Gasteiger partial charge in [0.1, 0.15) is 11.6 Å². The Kier molecular flexibility index (Phi) is 5.31. The number of benzene rings is 2. The van der Waals surface area contributed by atoms with Gasteiger partial charge in [-0.15, -0.1) is 0 Å². The van der Waals surface area contributed by atoms with E-state index in [-0.39, 0.29) is 12.4 Å². The summed E-state index contributed by atoms with van der Waals surface area (Å²) in [6, 6.07) is 12.5. The SMILES string of the molecule is COc1ccccc1C(C#N)CCOc1ccc(F)cc1F. The van der Waals surface area contributed by atoms with Gasteiger partial charge in [-0.3, -0.25) is 0 Å². The minimum atomic E-state index is -0.759. The summed E-state index contributed by atoms with van der Waals surface area (Å²) in [6.45, 7) is 0.138. The largest absolute Gasteiger partial charge is 0.496 e. The summed E-state index contributed by atoms with van der Waals surface area (Å²) >= 11 is 0. The van der Waals surface area contributed by atoms with Crippen LogP contribution in [0.3, 0.4) is 0 Å². The van der Waals surface area contributed by atoms with Gasteiger partial charge in [0.25, 0.3) is 0 Å². The second kappa shape index (κ2) is 7.41. The van der Waals surface area contributed by atoms with Gasteiger partial charge in [-0.05, 0) is 18.2 Å². The summed E-state index contributed by atoms with van der Waals surface area (Å²) in [5.41, 5.74) is 0.760. The molecule has 0 saturated heterocycles. The fourth-order valence-corrected chi connectivity index (χ4v) is 2.12. The zero-order valence-corrected chi connectivity index (χ0v) is 12.1. The maximum atomic E-state index is 13.4. The topological polar surface area (TPSA) is 42.2 Å². The lowest BCUT2D eigenvalue weighted by Crippen LogP contribution is -2.06. The molecule has 1 atom stereocenters. The smallest absolute Gasteiger partial charge is 0.167 e. The summed E-state index contributed by atoms with van der Waals surface area (Å²) < 4.78 is 36.8. The van der Waals surface area contributed by atoms with Crippen molar-refractivity contribution in [1.82, 2.24) is 0 Å². The van der Waals surface area contributed by atoms with Crippen LogP contribution in [-0.4, -0.2) is 13.7 Å². The third-order valence-corrected chi connectivity index (χ3v) is 3.23. The maximum Gasteiger partial charge on any atom is 0.167 e. The van der Waals surface area contributed by atoms with Crippen LogP contribution in [0.5, 0.6) is 11.5 Å². The van der Waals surface area contributed by atoms with E-state index in [1.165, 1.54) is 13.2 Å². The Bertz CT molecular complexity index is 683. The van der Waals surface area contributed by atoms with Crippen LogP contribution < -0.4 is 9.47 Å². The summed E-state index contributed by atoms with van der Waals surface area (Å²) in [7, 11) is 1.54. The highest BCUT2D eigenvalue weighted by molar-refractivity contribution is 5.39. The zero-order valence-electron chi connectivity index (χ0n) is 12.1. The van der Waals surface area contributed by atoms with Crippen molar-refractivity contribution in [3.63, 3.8) is 0 Å². The van der Waals surface area contributed by atoms with E-state index in [9.17, 15) is 14.0 Å². The Hall–Kier alpha value is -2.61. The van der Waals surface area contributed by atoms with Crippen molar-refractivity contribution < 1.29 is 18.3 Å². The van der Waals surface area contributed by atoms with Gasteiger partial charge in [-0.2, -0.15) is 5.26 Å². The van der Waals surface area contributed by atoms with Crippen LogP contribution >= 0.6 is 0 Å². The normalized spacial score (nSPS) is 11.5. The molecule has 5 heteroatoms. The van der Waals surface area contributed by atoms with Gasteiger partial charge < -0.3 is 9.47 Å². The Morgan fingerprint density at radius 3 is 2.59 bits per heavy atom. The average Bonchev–Trinajstić information content (AvgIpc) is 2.53. The van der Waals surface area contributed by atoms with Gasteiger partial charge in [0, 0.05) is 18.1 Å². The van der Waals surface area contributed by atoms with Crippen molar-refractivity contribution in [2.24, 2.45) is 0 Å². The van der Waals surface area contributed by atoms with Crippen LogP contribution in [0.4, 0.5) is 8.78 Å². The fourth-order valence-electron chi connectivity index (χ4n) is 2.12. The van der Waals surface area contributed by atoms with Gasteiger partial charge in [-0.1, -0.05) is 18.2 Å². The quantitative estimate of drug-likeness (QED) is 0.808. The van der Waals surface area contributed by atoms with E-state index in [1.54, 1.807) is 6.07 Å². The third kappa shape index (κ3) is 3.73. The molecule has 0 aliphatic carbocycles. The summed E-state index contributed by atoms with van der Waals surface area (Å²) in [6.07, 6.45) is 0.369. The Balaban J connectivity index is 2.01. The van der Waals surface area contributed by atoms with E-state index in [4.69, 9.17) is 9.47 Å². The molecule has 2 rings (SSSR count). The molecule has 0 radical (unpaired) electrons. The van der Waals surface area contributed by atoms with E-state index in [2.05, 4.69) is 6.07 Å². The molecule has 0 bridgehead atoms. The van der Waals surface area contributed by atoms with Crippen molar-refractivity contribution in [2.45, 2.75) is 12.3 Å². The monoisotopic (exact) mass is 303 g/mol. The molecule has 2 aromatic rings. The number of methoxy groups -OCH3 is 1. The molecule has 114 valence electrons. The molecule has 0 N–H and O–H groups in total. The van der Waals surface area contributed by atoms with Crippen LogP contribution in [0, 0.1) is 23.0 Å². The lowest BCUT2D eigenvalue weighted by atomic mass is 9.97. The predicted octanol–water partition coefficient (Wildman–Crippen LogP) is 4.05. The van der Waals surface area contributed by atoms with E-state index in [1.807, 2.05) is 18.2 Å². The van der Waals surface area contributed by atoms with Crippen molar-refractivity contribution >= 4 is 0 Å². The molecular weight excluding hydrogens is 288 g/mol. The molecule has 0 heterocycles. The van der Waals surface area contributed by atoms with E-state index >= 15 is 0 Å². The summed E-state index contributed by atoms with van der Waals surface area (Å²) in [4.78, 5) is 0. The third-order valence-electron chi connectivity index (χ3n) is 3.23. The highest BCUT2D eigenvalue weighted by atomic mass is 19.1. The van der Waals surface area contributed by atoms with Gasteiger partial charge in [-0.25, -0.2) is 8.78 Å². The van der Waals surface area contributed by atoms with Crippen LogP contribution in [0.25, 0.3) is 0 Å². The standard InChI is InChI=1S/C17H15F2NO2/c1-21-16-5-3-2-4-14(16)12(11-20)8-9-22-17-7-6-13(18)10-15(17)19/h2-7,10,12H,8-9H2,1H3. The van der Waals surface area contributed by atoms with Crippen LogP contribution in [-0.2, 0) is 0 Å². The Morgan fingerprint density at radius 1 is 1.14 bits per heavy atom. The molecule has 0 aliphatic rings. The Labute approximate surface area is 127 Å². The van der Waals surface area contributed by atoms with Crippen LogP contribution in [0.2, 0.25) is 0 Å². The number of para-hydroxylation sites is 1. The first-order valence-corrected chi connectivity index (χ1v) is 6.76. The molecular formula is C17H15F2NO2. The lowest BCUT2D eigenvalue weighted by molar-refractivity contribution is 0.289. The van der Waals surface area contributed by atoms with Crippen LogP contribution in [0.15, 0.2) is 42.5 Å². The first-order valence-electron chi connectivity index (χ1n) is 6.76. The first-order chi connectivity index (χ1) is 10.7. The highest BCUT2D eigenvalue weighted by Crippen LogP contribution is 2.28. The van der Waals surface area contributed by atoms with Crippen molar-refractivity contribution in [3.05, 3.63) is 59.7 Å². The van der Waals surface area contributed by atoms with Gasteiger partial charge >= 0.3 is 0 Å². The second-order valence-electron chi connectivity index (χ2n) is 4.64. The fraction of sp³-hybridized carbons (Fsp3) is 0.235. The number of nitrogens with zero attached hydrogens (tertiary/aromatic N) is 1. The van der Waals surface area contributed by atoms with E-state index in [0.717, 1.165) is 17.7 Å². The summed E-state index contributed by atoms with van der Waals surface area (Å²) in [5, 5.41) is 9.30. The summed E-state index contributed by atoms with van der Waals surface area (Å²) in [5.74, 6) is -1.25. The second-order valence-corrected chi connectivity index (χ2v) is 4.64. The van der Waals surface area contributed by atoms with Crippen molar-refractivity contribution in [3.8, 4) is 17.6 Å². The molecule has 0 fully saturated rings. The predicted molar refractivity (Wildman–Crippen MR) is 77.8 cm³/mol. The van der Waals surface area contributed by atoms with Crippen molar-refractivity contribution in [1.29, 1.82) is 5.26 Å². The molecule has 22 heavy (non-hydrogen) atoms. The molecule has 0 spiro atoms. The molecule has 3 nitrogen and oxygen atoms in total. The molecule has 0 aromatic heterocycles. The molecule has 1 unspecified atom stereocenters. The number of halogens is 2. The molecule has 0 amide bonds. The van der Waals surface area contributed by atoms with Gasteiger partial charge in [0.15, 0.2) is 11.6 Å². The number of ether oxygens (including phenoxy) is 2. The van der Waals surface area contributed by atoms with Gasteiger partial charge in [0.2, 0.25) is 0 Å². The number of nitriles is 1. The van der Waals surface area contributed by atoms with Gasteiger partial charge in [0.05, 0.1) is 25.7 Å². The lowest BCUT2D eigenvalue weighted by Gasteiger charge is -2.14. The van der Waals surface area contributed by atoms with E-state index < -0.39 is 17.6 Å².